The number of hydrogen-bond acceptors (Lipinski definition) is 0. The van der Waals surface area contributed by atoms with Crippen LogP contribution in [0.1, 0.15) is 0 Å². The van der Waals surface area contributed by atoms with Gasteiger partial charge in [0.15, 0.2) is 0 Å². The maximum atomic E-state index is 3.66. The Morgan fingerprint density at radius 1 is 0.500 bits per heavy atom. The normalized spacial score (nSPS) is 10.8. The van der Waals surface area contributed by atoms with Gasteiger partial charge in [0.25, 0.3) is 0 Å². The summed E-state index contributed by atoms with van der Waals surface area (Å²) in [5, 5.41) is 2.54. The molecule has 0 unspecified atom stereocenters. The van der Waals surface area contributed by atoms with E-state index in [-0.39, 0.29) is 17.4 Å². The first kappa shape index (κ1) is 16.7. The predicted molar refractivity (Wildman–Crippen MR) is 107 cm³/mol. The standard InChI is InChI=1S/C24H17N.Cr/c1-3-9-17(10-4-1)19-15-16-21-20-13-7-8-14-22(20)25-24(21)23(19)18-11-5-2-6-12-18;/h1-16,25H;. The zero-order valence-corrected chi connectivity index (χ0v) is 15.4. The largest absolute Gasteiger partial charge is 0.354 e. The van der Waals surface area contributed by atoms with Crippen LogP contribution in [0, 0.1) is 0 Å². The number of aromatic amines is 1. The quantitative estimate of drug-likeness (QED) is 0.357. The molecule has 1 N–H and O–H groups in total. The molecule has 0 atom stereocenters. The molecular weight excluding hydrogens is 354 g/mol. The molecule has 0 saturated heterocycles. The van der Waals surface area contributed by atoms with Gasteiger partial charge in [-0.3, -0.25) is 0 Å². The third-order valence-electron chi connectivity index (χ3n) is 4.83. The number of nitrogens with one attached hydrogen (secondary N) is 1. The average molecular weight is 371 g/mol. The fourth-order valence-electron chi connectivity index (χ4n) is 3.68. The van der Waals surface area contributed by atoms with Crippen molar-refractivity contribution in [2.24, 2.45) is 0 Å². The molecule has 26 heavy (non-hydrogen) atoms. The Balaban J connectivity index is 0.00000168. The molecule has 1 heterocycles. The molecule has 0 aliphatic rings. The molecule has 0 radical (unpaired) electrons. The summed E-state index contributed by atoms with van der Waals surface area (Å²) in [6.45, 7) is 0. The molecule has 2 heteroatoms. The Kier molecular flexibility index (Phi) is 4.39. The number of rotatable bonds is 2. The molecule has 5 rings (SSSR count). The summed E-state index contributed by atoms with van der Waals surface area (Å²) < 4.78 is 0. The number of H-pyrrole nitrogens is 1. The first-order chi connectivity index (χ1) is 12.4. The van der Waals surface area contributed by atoms with Gasteiger partial charge in [0.1, 0.15) is 0 Å². The van der Waals surface area contributed by atoms with Crippen LogP contribution in [0.4, 0.5) is 0 Å². The van der Waals surface area contributed by atoms with Crippen molar-refractivity contribution in [1.29, 1.82) is 0 Å². The van der Waals surface area contributed by atoms with Crippen LogP contribution in [0.25, 0.3) is 44.1 Å². The van der Waals surface area contributed by atoms with Crippen molar-refractivity contribution in [1.82, 2.24) is 4.98 Å². The van der Waals surface area contributed by atoms with E-state index < -0.39 is 0 Å². The minimum absolute atomic E-state index is 0. The zero-order valence-electron chi connectivity index (χ0n) is 14.1. The Hall–Kier alpha value is -2.79. The van der Waals surface area contributed by atoms with Crippen LogP contribution in [0.15, 0.2) is 97.1 Å². The third-order valence-corrected chi connectivity index (χ3v) is 4.83. The topological polar surface area (TPSA) is 15.8 Å². The van der Waals surface area contributed by atoms with Crippen molar-refractivity contribution < 1.29 is 17.4 Å². The smallest absolute Gasteiger partial charge is 0.0550 e. The van der Waals surface area contributed by atoms with Gasteiger partial charge in [0, 0.05) is 39.2 Å². The minimum atomic E-state index is 0. The Morgan fingerprint density at radius 3 is 1.85 bits per heavy atom. The Labute approximate surface area is 163 Å². The van der Waals surface area contributed by atoms with Gasteiger partial charge in [-0.1, -0.05) is 91.0 Å². The second-order valence-corrected chi connectivity index (χ2v) is 6.31. The van der Waals surface area contributed by atoms with Crippen molar-refractivity contribution in [3.8, 4) is 22.3 Å². The maximum Gasteiger partial charge on any atom is 0.0550 e. The van der Waals surface area contributed by atoms with Gasteiger partial charge in [-0.2, -0.15) is 0 Å². The first-order valence-electron chi connectivity index (χ1n) is 8.56. The Bertz CT molecular complexity index is 1170. The third kappa shape index (κ3) is 2.65. The molecule has 0 aliphatic heterocycles. The Morgan fingerprint density at radius 2 is 1.12 bits per heavy atom. The summed E-state index contributed by atoms with van der Waals surface area (Å²) in [6, 6.07) is 34.3. The van der Waals surface area contributed by atoms with Crippen molar-refractivity contribution in [3.63, 3.8) is 0 Å². The van der Waals surface area contributed by atoms with Gasteiger partial charge in [0.05, 0.1) is 5.52 Å². The molecule has 0 bridgehead atoms. The van der Waals surface area contributed by atoms with E-state index in [1.807, 2.05) is 0 Å². The fourth-order valence-corrected chi connectivity index (χ4v) is 3.68. The molecule has 0 saturated carbocycles. The fraction of sp³-hybridized carbons (Fsp3) is 0. The van der Waals surface area contributed by atoms with Crippen LogP contribution in [0.5, 0.6) is 0 Å². The number of aromatic nitrogens is 1. The first-order valence-corrected chi connectivity index (χ1v) is 8.56. The summed E-state index contributed by atoms with van der Waals surface area (Å²) in [5.41, 5.74) is 7.38. The van der Waals surface area contributed by atoms with Crippen molar-refractivity contribution in [2.75, 3.05) is 0 Å². The van der Waals surface area contributed by atoms with Gasteiger partial charge < -0.3 is 4.98 Å². The van der Waals surface area contributed by atoms with Gasteiger partial charge in [-0.15, -0.1) is 0 Å². The second kappa shape index (κ2) is 6.84. The van der Waals surface area contributed by atoms with E-state index in [1.54, 1.807) is 0 Å². The van der Waals surface area contributed by atoms with Gasteiger partial charge in [0.2, 0.25) is 0 Å². The van der Waals surface area contributed by atoms with E-state index in [9.17, 15) is 0 Å². The molecular formula is C24H17CrN. The molecule has 0 spiro atoms. The molecule has 124 valence electrons. The van der Waals surface area contributed by atoms with E-state index >= 15 is 0 Å². The molecule has 0 amide bonds. The van der Waals surface area contributed by atoms with Crippen LogP contribution >= 0.6 is 0 Å². The minimum Gasteiger partial charge on any atom is -0.354 e. The van der Waals surface area contributed by atoms with Gasteiger partial charge >= 0.3 is 0 Å². The van der Waals surface area contributed by atoms with E-state index in [1.165, 1.54) is 44.1 Å². The van der Waals surface area contributed by atoms with Gasteiger partial charge in [-0.05, 0) is 22.8 Å². The van der Waals surface area contributed by atoms with E-state index in [2.05, 4.69) is 102 Å². The molecule has 1 nitrogen and oxygen atoms in total. The predicted octanol–water partition coefficient (Wildman–Crippen LogP) is 6.65. The molecule has 4 aromatic carbocycles. The summed E-state index contributed by atoms with van der Waals surface area (Å²) in [7, 11) is 0. The summed E-state index contributed by atoms with van der Waals surface area (Å²) >= 11 is 0. The summed E-state index contributed by atoms with van der Waals surface area (Å²) in [5.74, 6) is 0. The van der Waals surface area contributed by atoms with Crippen LogP contribution in [-0.4, -0.2) is 4.98 Å². The molecule has 0 aliphatic carbocycles. The van der Waals surface area contributed by atoms with Crippen LogP contribution in [-0.2, 0) is 17.4 Å². The number of fused-ring (bicyclic) bond motifs is 3. The molecule has 5 aromatic rings. The van der Waals surface area contributed by atoms with Crippen molar-refractivity contribution in [3.05, 3.63) is 97.1 Å². The monoisotopic (exact) mass is 371 g/mol. The van der Waals surface area contributed by atoms with E-state index in [0.29, 0.717) is 0 Å². The van der Waals surface area contributed by atoms with Crippen molar-refractivity contribution in [2.45, 2.75) is 0 Å². The van der Waals surface area contributed by atoms with E-state index in [4.69, 9.17) is 0 Å². The number of benzene rings is 4. The van der Waals surface area contributed by atoms with Crippen LogP contribution in [0.2, 0.25) is 0 Å². The number of hydrogen-bond donors (Lipinski definition) is 1. The van der Waals surface area contributed by atoms with Crippen molar-refractivity contribution >= 4 is 21.8 Å². The SMILES string of the molecule is [Cr].c1ccc(-c2ccc3c([nH]c4ccccc43)c2-c2ccccc2)cc1. The molecule has 0 fully saturated rings. The molecule has 1 aromatic heterocycles. The van der Waals surface area contributed by atoms with Crippen LogP contribution < -0.4 is 0 Å². The summed E-state index contributed by atoms with van der Waals surface area (Å²) in [4.78, 5) is 3.66. The maximum absolute atomic E-state index is 3.66. The zero-order chi connectivity index (χ0) is 16.6. The second-order valence-electron chi connectivity index (χ2n) is 6.31. The van der Waals surface area contributed by atoms with Gasteiger partial charge in [-0.25, -0.2) is 0 Å². The van der Waals surface area contributed by atoms with Crippen LogP contribution in [0.3, 0.4) is 0 Å². The number of para-hydroxylation sites is 1. The van der Waals surface area contributed by atoms with E-state index in [0.717, 1.165) is 0 Å². The average Bonchev–Trinajstić information content (AvgIpc) is 3.07. The summed E-state index contributed by atoms with van der Waals surface area (Å²) in [6.07, 6.45) is 0.